The SMILES string of the molecule is C=CCC(OCCCC)[N+](=C=O)CC=C.[Cl-]. The molecule has 0 aromatic carbocycles. The molecule has 0 aromatic heterocycles. The van der Waals surface area contributed by atoms with Gasteiger partial charge in [-0.1, -0.05) is 26.0 Å². The minimum absolute atomic E-state index is 0. The van der Waals surface area contributed by atoms with Crippen molar-refractivity contribution in [2.45, 2.75) is 32.4 Å². The van der Waals surface area contributed by atoms with Gasteiger partial charge in [0.05, 0.1) is 13.0 Å². The molecule has 0 fully saturated rings. The van der Waals surface area contributed by atoms with Crippen molar-refractivity contribution in [3.8, 4) is 0 Å². The number of hydrogen-bond acceptors (Lipinski definition) is 2. The van der Waals surface area contributed by atoms with E-state index in [4.69, 9.17) is 4.74 Å². The van der Waals surface area contributed by atoms with Crippen molar-refractivity contribution < 1.29 is 26.5 Å². The second-order valence-electron chi connectivity index (χ2n) is 3.24. The number of halogens is 1. The lowest BCUT2D eigenvalue weighted by atomic mass is 10.3. The van der Waals surface area contributed by atoms with Gasteiger partial charge in [0, 0.05) is 0 Å². The van der Waals surface area contributed by atoms with Gasteiger partial charge in [-0.15, -0.1) is 11.2 Å². The molecule has 4 heteroatoms. The number of isocyanates is 1. The molecule has 0 aromatic rings. The van der Waals surface area contributed by atoms with Gasteiger partial charge in [0.2, 0.25) is 0 Å². The van der Waals surface area contributed by atoms with Crippen molar-refractivity contribution in [1.29, 1.82) is 0 Å². The average molecular weight is 246 g/mol. The Hall–Kier alpha value is -0.890. The van der Waals surface area contributed by atoms with Gasteiger partial charge in [-0.25, -0.2) is 0 Å². The van der Waals surface area contributed by atoms with Crippen LogP contribution in [-0.4, -0.2) is 30.0 Å². The van der Waals surface area contributed by atoms with Crippen LogP contribution in [0.25, 0.3) is 0 Å². The number of carbonyl (C=O) groups excluding carboxylic acids is 1. The van der Waals surface area contributed by atoms with Gasteiger partial charge in [0.25, 0.3) is 6.23 Å². The summed E-state index contributed by atoms with van der Waals surface area (Å²) in [5.74, 6) is 0. The third-order valence-electron chi connectivity index (χ3n) is 1.97. The predicted octanol–water partition coefficient (Wildman–Crippen LogP) is -0.756. The van der Waals surface area contributed by atoms with Crippen LogP contribution < -0.4 is 12.4 Å². The highest BCUT2D eigenvalue weighted by Gasteiger charge is 2.19. The van der Waals surface area contributed by atoms with Crippen molar-refractivity contribution in [3.63, 3.8) is 0 Å². The Kier molecular flexibility index (Phi) is 13.3. The Morgan fingerprint density at radius 1 is 1.44 bits per heavy atom. The molecule has 0 radical (unpaired) electrons. The third-order valence-corrected chi connectivity index (χ3v) is 1.97. The zero-order valence-electron chi connectivity index (χ0n) is 9.82. The van der Waals surface area contributed by atoms with Crippen LogP contribution in [0.5, 0.6) is 0 Å². The fraction of sp³-hybridized carbons (Fsp3) is 0.583. The summed E-state index contributed by atoms with van der Waals surface area (Å²) in [6, 6.07) is 0. The molecule has 0 rings (SSSR count). The lowest BCUT2D eigenvalue weighted by Crippen LogP contribution is -3.00. The normalized spacial score (nSPS) is 10.8. The Morgan fingerprint density at radius 2 is 2.12 bits per heavy atom. The molecule has 0 heterocycles. The number of rotatable bonds is 9. The van der Waals surface area contributed by atoms with E-state index < -0.39 is 0 Å². The summed E-state index contributed by atoms with van der Waals surface area (Å²) in [5.41, 5.74) is 0. The van der Waals surface area contributed by atoms with Gasteiger partial charge in [-0.3, -0.25) is 0 Å². The molecule has 0 N–H and O–H groups in total. The highest BCUT2D eigenvalue weighted by atomic mass is 35.5. The summed E-state index contributed by atoms with van der Waals surface area (Å²) in [7, 11) is 0. The molecular formula is C12H20ClNO2. The number of unbranched alkanes of at least 4 members (excludes halogenated alkanes) is 1. The summed E-state index contributed by atoms with van der Waals surface area (Å²) in [5, 5.41) is 0. The van der Waals surface area contributed by atoms with Crippen LogP contribution >= 0.6 is 0 Å². The largest absolute Gasteiger partial charge is 1.00 e. The third kappa shape index (κ3) is 7.41. The summed E-state index contributed by atoms with van der Waals surface area (Å²) in [4.78, 5) is 10.7. The van der Waals surface area contributed by atoms with Crippen molar-refractivity contribution in [1.82, 2.24) is 0 Å². The van der Waals surface area contributed by atoms with Crippen LogP contribution in [0.2, 0.25) is 0 Å². The number of nitrogens with zero attached hydrogens (tertiary/aromatic N) is 1. The second-order valence-corrected chi connectivity index (χ2v) is 3.24. The zero-order chi connectivity index (χ0) is 11.5. The molecule has 16 heavy (non-hydrogen) atoms. The van der Waals surface area contributed by atoms with E-state index in [-0.39, 0.29) is 18.6 Å². The first-order chi connectivity index (χ1) is 7.29. The van der Waals surface area contributed by atoms with Gasteiger partial charge in [-0.05, 0) is 12.5 Å². The zero-order valence-corrected chi connectivity index (χ0v) is 10.6. The predicted molar refractivity (Wildman–Crippen MR) is 60.5 cm³/mol. The lowest BCUT2D eigenvalue weighted by molar-refractivity contribution is -0.602. The first-order valence-electron chi connectivity index (χ1n) is 5.27. The summed E-state index contributed by atoms with van der Waals surface area (Å²) < 4.78 is 7.04. The molecule has 0 saturated carbocycles. The van der Waals surface area contributed by atoms with Gasteiger partial charge >= 0.3 is 6.08 Å². The highest BCUT2D eigenvalue weighted by molar-refractivity contribution is 5.25. The van der Waals surface area contributed by atoms with Gasteiger partial charge in [0.15, 0.2) is 6.54 Å². The van der Waals surface area contributed by atoms with Crippen molar-refractivity contribution >= 4 is 6.08 Å². The Balaban J connectivity index is 0. The Labute approximate surface area is 104 Å². The summed E-state index contributed by atoms with van der Waals surface area (Å²) >= 11 is 0. The summed E-state index contributed by atoms with van der Waals surface area (Å²) in [6.07, 6.45) is 7.68. The van der Waals surface area contributed by atoms with E-state index in [1.54, 1.807) is 12.2 Å². The van der Waals surface area contributed by atoms with E-state index in [1.165, 1.54) is 4.58 Å². The first-order valence-corrected chi connectivity index (χ1v) is 5.27. The van der Waals surface area contributed by atoms with Gasteiger partial charge < -0.3 is 17.1 Å². The van der Waals surface area contributed by atoms with E-state index in [0.717, 1.165) is 12.8 Å². The average Bonchev–Trinajstić information content (AvgIpc) is 2.25. The van der Waals surface area contributed by atoms with E-state index in [1.807, 2.05) is 6.08 Å². The van der Waals surface area contributed by atoms with Crippen LogP contribution in [0.3, 0.4) is 0 Å². The second kappa shape index (κ2) is 12.2. The number of hydrogen-bond donors (Lipinski definition) is 0. The minimum atomic E-state index is -0.260. The molecule has 1 atom stereocenters. The molecule has 3 nitrogen and oxygen atoms in total. The lowest BCUT2D eigenvalue weighted by Gasteiger charge is -2.10. The molecular weight excluding hydrogens is 226 g/mol. The molecule has 0 spiro atoms. The minimum Gasteiger partial charge on any atom is -1.00 e. The van der Waals surface area contributed by atoms with Gasteiger partial charge in [0.1, 0.15) is 0 Å². The van der Waals surface area contributed by atoms with Crippen molar-refractivity contribution in [2.24, 2.45) is 0 Å². The van der Waals surface area contributed by atoms with Crippen LogP contribution in [-0.2, 0) is 9.53 Å². The molecule has 0 bridgehead atoms. The first kappa shape index (κ1) is 17.5. The smallest absolute Gasteiger partial charge is 0.426 e. The Bertz CT molecular complexity index is 247. The van der Waals surface area contributed by atoms with Crippen LogP contribution in [0.1, 0.15) is 26.2 Å². The molecule has 1 unspecified atom stereocenters. The topological polar surface area (TPSA) is 29.3 Å². The van der Waals surface area contributed by atoms with E-state index in [2.05, 4.69) is 20.1 Å². The molecule has 92 valence electrons. The molecule has 0 aliphatic heterocycles. The maximum atomic E-state index is 10.7. The molecule has 0 amide bonds. The maximum Gasteiger partial charge on any atom is 0.426 e. The van der Waals surface area contributed by atoms with E-state index in [0.29, 0.717) is 19.6 Å². The van der Waals surface area contributed by atoms with Crippen LogP contribution in [0.4, 0.5) is 0 Å². The standard InChI is InChI=1S/C12H20NO2.ClH/c1-4-7-10-15-12(8-5-2)13(11-14)9-6-3;/h5-6,12H,2-4,7-10H2,1H3;1H/q+1;/p-1. The number of ether oxygens (including phenoxy) is 1. The Morgan fingerprint density at radius 3 is 2.56 bits per heavy atom. The molecule has 0 saturated heterocycles. The van der Waals surface area contributed by atoms with Crippen LogP contribution in [0.15, 0.2) is 25.3 Å². The van der Waals surface area contributed by atoms with Crippen LogP contribution in [0, 0.1) is 0 Å². The maximum absolute atomic E-state index is 10.7. The van der Waals surface area contributed by atoms with E-state index in [9.17, 15) is 4.79 Å². The summed E-state index contributed by atoms with van der Waals surface area (Å²) in [6.45, 7) is 10.4. The molecule has 0 aliphatic carbocycles. The van der Waals surface area contributed by atoms with Crippen molar-refractivity contribution in [3.05, 3.63) is 25.3 Å². The van der Waals surface area contributed by atoms with Gasteiger partial charge in [-0.2, -0.15) is 4.79 Å². The van der Waals surface area contributed by atoms with Crippen molar-refractivity contribution in [2.75, 3.05) is 13.2 Å². The highest BCUT2D eigenvalue weighted by Crippen LogP contribution is 2.03. The monoisotopic (exact) mass is 245 g/mol. The quantitative estimate of drug-likeness (QED) is 0.134. The molecule has 0 aliphatic rings. The fourth-order valence-corrected chi connectivity index (χ4v) is 1.14. The fourth-order valence-electron chi connectivity index (χ4n) is 1.14. The van der Waals surface area contributed by atoms with E-state index >= 15 is 0 Å².